The second-order valence-electron chi connectivity index (χ2n) is 14.6. The van der Waals surface area contributed by atoms with Gasteiger partial charge in [-0.05, 0) is 30.2 Å². The normalized spacial score (nSPS) is 19.0. The van der Waals surface area contributed by atoms with E-state index in [1.807, 2.05) is 71.9 Å². The number of nitrogens with zero attached hydrogens (tertiary/aromatic N) is 3. The van der Waals surface area contributed by atoms with Crippen molar-refractivity contribution in [2.24, 2.45) is 28.7 Å². The molecule has 0 unspecified atom stereocenters. The topological polar surface area (TPSA) is 167 Å². The van der Waals surface area contributed by atoms with Crippen molar-refractivity contribution in [1.29, 1.82) is 0 Å². The predicted molar refractivity (Wildman–Crippen MR) is 201 cm³/mol. The third-order valence-electron chi connectivity index (χ3n) is 10.4. The van der Waals surface area contributed by atoms with Crippen molar-refractivity contribution in [3.05, 3.63) is 35.9 Å². The molecule has 13 heteroatoms. The van der Waals surface area contributed by atoms with Crippen molar-refractivity contribution in [2.75, 3.05) is 34.9 Å². The minimum absolute atomic E-state index is 0.0203. The van der Waals surface area contributed by atoms with E-state index in [4.69, 9.17) is 9.47 Å². The number of amides is 4. The number of likely N-dealkylation sites (tertiary alicyclic amines) is 1. The molecule has 13 nitrogen and oxygen atoms in total. The molecule has 0 radical (unpaired) electrons. The quantitative estimate of drug-likeness (QED) is 0.171. The summed E-state index contributed by atoms with van der Waals surface area (Å²) in [7, 11) is 6.27. The Morgan fingerprint density at radius 1 is 1.00 bits per heavy atom. The van der Waals surface area contributed by atoms with E-state index in [1.54, 1.807) is 30.8 Å². The van der Waals surface area contributed by atoms with Crippen molar-refractivity contribution in [3.8, 4) is 0 Å². The van der Waals surface area contributed by atoms with Gasteiger partial charge in [-0.15, -0.1) is 0 Å². The number of carbonyl (C=O) groups excluding carboxylic acids is 4. The Morgan fingerprint density at radius 3 is 2.13 bits per heavy atom. The summed E-state index contributed by atoms with van der Waals surface area (Å²) in [6.45, 7) is 13.7. The monoisotopic (exact) mass is 729 g/mol. The molecule has 4 amide bonds. The van der Waals surface area contributed by atoms with Gasteiger partial charge in [0.25, 0.3) is 5.91 Å². The number of nitrogens with one attached hydrogen (secondary N) is 2. The lowest BCUT2D eigenvalue weighted by Crippen LogP contribution is -2.58. The SMILES string of the molecule is CC[C@H](C)[C@@H]([C@@H](CC(=O)N1CCC[C@H]1[C@H](OC)[C@@H](C)C(=O)N[C@@H](Cc1ccccc1)C(=O)O)OC)N(C)C(=O)[C@@H](NC(=O)C(=NC)C(C)C)C(C)C. The van der Waals surface area contributed by atoms with E-state index in [1.165, 1.54) is 14.2 Å². The highest BCUT2D eigenvalue weighted by Crippen LogP contribution is 2.29. The fraction of sp³-hybridized carbons (Fsp3) is 0.692. The molecule has 2 rings (SSSR count). The van der Waals surface area contributed by atoms with E-state index >= 15 is 0 Å². The van der Waals surface area contributed by atoms with Crippen molar-refractivity contribution in [1.82, 2.24) is 20.4 Å². The predicted octanol–water partition coefficient (Wildman–Crippen LogP) is 3.59. The zero-order valence-corrected chi connectivity index (χ0v) is 33.0. The standard InChI is InChI=1S/C39H63N5O8/c1-12-25(6)34(43(9)38(48)33(24(4)5)42-37(47)32(40-8)23(2)3)30(51-10)22-31(45)44-20-16-19-29(44)35(52-11)26(7)36(46)41-28(39(49)50)21-27-17-14-13-15-18-27/h13-15,17-18,23-26,28-30,33-35H,12,16,19-22H2,1-11H3,(H,41,46)(H,42,47)(H,49,50)/t25-,26+,28-,29-,30+,33-,34-,35+/m0/s1. The van der Waals surface area contributed by atoms with Gasteiger partial charge < -0.3 is 35.0 Å². The first kappa shape index (κ1) is 44.3. The van der Waals surface area contributed by atoms with Crippen molar-refractivity contribution < 1.29 is 38.6 Å². The highest BCUT2D eigenvalue weighted by Gasteiger charge is 2.43. The van der Waals surface area contributed by atoms with Crippen molar-refractivity contribution in [3.63, 3.8) is 0 Å². The van der Waals surface area contributed by atoms with Crippen LogP contribution in [0.25, 0.3) is 0 Å². The number of ether oxygens (including phenoxy) is 2. The first-order valence-corrected chi connectivity index (χ1v) is 18.5. The first-order chi connectivity index (χ1) is 24.5. The average molecular weight is 730 g/mol. The van der Waals surface area contributed by atoms with Gasteiger partial charge in [0, 0.05) is 47.2 Å². The third-order valence-corrected chi connectivity index (χ3v) is 10.4. The number of aliphatic carboxylic acids is 1. The fourth-order valence-electron chi connectivity index (χ4n) is 7.23. The number of hydrogen-bond donors (Lipinski definition) is 3. The Kier molecular flexibility index (Phi) is 17.9. The van der Waals surface area contributed by atoms with E-state index < -0.39 is 54.2 Å². The van der Waals surface area contributed by atoms with Crippen molar-refractivity contribution >= 4 is 35.3 Å². The second kappa shape index (κ2) is 21.0. The molecule has 1 aromatic carbocycles. The number of methoxy groups -OCH3 is 2. The molecule has 8 atom stereocenters. The number of hydrogen-bond acceptors (Lipinski definition) is 8. The van der Waals surface area contributed by atoms with Crippen LogP contribution in [0.4, 0.5) is 0 Å². The molecule has 52 heavy (non-hydrogen) atoms. The number of carboxylic acids is 1. The van der Waals surface area contributed by atoms with E-state index in [0.717, 1.165) is 5.56 Å². The largest absolute Gasteiger partial charge is 0.480 e. The van der Waals surface area contributed by atoms with Crippen LogP contribution in [0, 0.1) is 23.7 Å². The molecule has 0 aliphatic carbocycles. The van der Waals surface area contributed by atoms with Crippen LogP contribution in [0.1, 0.15) is 79.7 Å². The summed E-state index contributed by atoms with van der Waals surface area (Å²) in [5, 5.41) is 15.4. The number of rotatable bonds is 20. The summed E-state index contributed by atoms with van der Waals surface area (Å²) >= 11 is 0. The Bertz CT molecular complexity index is 1370. The van der Waals surface area contributed by atoms with Gasteiger partial charge in [-0.1, -0.05) is 85.2 Å². The van der Waals surface area contributed by atoms with Gasteiger partial charge in [-0.3, -0.25) is 24.2 Å². The number of carbonyl (C=O) groups is 5. The minimum atomic E-state index is -1.14. The lowest BCUT2D eigenvalue weighted by Gasteiger charge is -2.40. The molecule has 0 aromatic heterocycles. The summed E-state index contributed by atoms with van der Waals surface area (Å²) in [5.74, 6) is -3.63. The molecular weight excluding hydrogens is 666 g/mol. The van der Waals surface area contributed by atoms with Gasteiger partial charge in [0.05, 0.1) is 36.6 Å². The highest BCUT2D eigenvalue weighted by atomic mass is 16.5. The van der Waals surface area contributed by atoms with Crippen LogP contribution in [0.15, 0.2) is 35.3 Å². The molecule has 3 N–H and O–H groups in total. The Hall–Kier alpha value is -3.84. The molecule has 1 heterocycles. The maximum absolute atomic E-state index is 14.1. The fourth-order valence-corrected chi connectivity index (χ4v) is 7.23. The molecule has 0 saturated carbocycles. The summed E-state index contributed by atoms with van der Waals surface area (Å²) in [6, 6.07) is 6.22. The number of likely N-dealkylation sites (N-methyl/N-ethyl adjacent to an activating group) is 1. The highest BCUT2D eigenvalue weighted by molar-refractivity contribution is 6.39. The van der Waals surface area contributed by atoms with Crippen LogP contribution in [0.3, 0.4) is 0 Å². The molecule has 1 aromatic rings. The van der Waals surface area contributed by atoms with E-state index in [0.29, 0.717) is 31.5 Å². The summed E-state index contributed by atoms with van der Waals surface area (Å²) < 4.78 is 11.8. The smallest absolute Gasteiger partial charge is 0.326 e. The molecule has 1 aliphatic heterocycles. The second-order valence-corrected chi connectivity index (χ2v) is 14.6. The van der Waals surface area contributed by atoms with Gasteiger partial charge in [-0.2, -0.15) is 0 Å². The Morgan fingerprint density at radius 2 is 1.63 bits per heavy atom. The lowest BCUT2D eigenvalue weighted by molar-refractivity contribution is -0.148. The van der Waals surface area contributed by atoms with E-state index in [2.05, 4.69) is 15.6 Å². The van der Waals surface area contributed by atoms with Gasteiger partial charge in [0.1, 0.15) is 17.8 Å². The summed E-state index contributed by atoms with van der Waals surface area (Å²) in [5.41, 5.74) is 1.14. The molecule has 0 bridgehead atoms. The van der Waals surface area contributed by atoms with Crippen LogP contribution in [0.2, 0.25) is 0 Å². The number of aliphatic imine (C=N–C) groups is 1. The van der Waals surface area contributed by atoms with Crippen LogP contribution in [-0.4, -0.2) is 121 Å². The van der Waals surface area contributed by atoms with Crippen LogP contribution >= 0.6 is 0 Å². The maximum atomic E-state index is 14.1. The van der Waals surface area contributed by atoms with Gasteiger partial charge in [0.2, 0.25) is 17.7 Å². The van der Waals surface area contributed by atoms with Crippen LogP contribution in [0.5, 0.6) is 0 Å². The zero-order valence-electron chi connectivity index (χ0n) is 33.0. The zero-order chi connectivity index (χ0) is 39.3. The van der Waals surface area contributed by atoms with E-state index in [-0.39, 0.29) is 48.3 Å². The molecule has 1 aliphatic rings. The Labute approximate surface area is 310 Å². The maximum Gasteiger partial charge on any atom is 0.326 e. The number of carboxylic acid groups (broad SMARTS) is 1. The minimum Gasteiger partial charge on any atom is -0.480 e. The number of benzene rings is 1. The molecule has 292 valence electrons. The third kappa shape index (κ3) is 11.6. The lowest BCUT2D eigenvalue weighted by atomic mass is 9.89. The average Bonchev–Trinajstić information content (AvgIpc) is 3.59. The van der Waals surface area contributed by atoms with Crippen LogP contribution in [-0.2, 0) is 39.9 Å². The van der Waals surface area contributed by atoms with Gasteiger partial charge in [0.15, 0.2) is 0 Å². The van der Waals surface area contributed by atoms with Gasteiger partial charge in [-0.25, -0.2) is 4.79 Å². The summed E-state index contributed by atoms with van der Waals surface area (Å²) in [4.78, 5) is 74.3. The molecular formula is C39H63N5O8. The molecule has 1 fully saturated rings. The first-order valence-electron chi connectivity index (χ1n) is 18.5. The van der Waals surface area contributed by atoms with Crippen molar-refractivity contribution in [2.45, 2.75) is 117 Å². The molecule has 0 spiro atoms. The molecule has 1 saturated heterocycles. The Balaban J connectivity index is 2.27. The van der Waals surface area contributed by atoms with Gasteiger partial charge >= 0.3 is 5.97 Å². The van der Waals surface area contributed by atoms with Crippen LogP contribution < -0.4 is 10.6 Å². The summed E-state index contributed by atoms with van der Waals surface area (Å²) in [6.07, 6.45) is 0.773. The van der Waals surface area contributed by atoms with E-state index in [9.17, 15) is 29.1 Å².